The van der Waals surface area contributed by atoms with Crippen LogP contribution in [0.3, 0.4) is 0 Å². The lowest BCUT2D eigenvalue weighted by Gasteiger charge is -2.43. The molecule has 1 aliphatic carbocycles. The zero-order valence-corrected chi connectivity index (χ0v) is 19.3. The lowest BCUT2D eigenvalue weighted by atomic mass is 9.85. The zero-order chi connectivity index (χ0) is 27.6. The quantitative estimate of drug-likeness (QED) is 0.388. The highest BCUT2D eigenvalue weighted by Crippen LogP contribution is 2.37. The fourth-order valence-electron chi connectivity index (χ4n) is 3.59. The third kappa shape index (κ3) is 6.94. The van der Waals surface area contributed by atoms with Crippen LogP contribution in [-0.4, -0.2) is 57.3 Å². The van der Waals surface area contributed by atoms with Crippen LogP contribution >= 0.6 is 11.6 Å². The van der Waals surface area contributed by atoms with Gasteiger partial charge in [0.25, 0.3) is 17.4 Å². The van der Waals surface area contributed by atoms with E-state index in [9.17, 15) is 40.3 Å². The second-order valence-electron chi connectivity index (χ2n) is 7.90. The van der Waals surface area contributed by atoms with Gasteiger partial charge in [-0.1, -0.05) is 11.6 Å². The molecule has 1 fully saturated rings. The highest BCUT2D eigenvalue weighted by molar-refractivity contribution is 6.32. The van der Waals surface area contributed by atoms with Crippen LogP contribution in [0.25, 0.3) is 0 Å². The molecule has 37 heavy (non-hydrogen) atoms. The van der Waals surface area contributed by atoms with Crippen molar-refractivity contribution in [3.05, 3.63) is 42.6 Å². The molecule has 3 rings (SSSR count). The average molecular weight is 560 g/mol. The molecule has 2 atom stereocenters. The molecule has 2 amide bonds. The molecule has 2 aromatic rings. The SMILES string of the molecule is C[C@](C(=O)NC1CC(OC(F)(F)F)C1)(c1cncnc1)N(C(=O)[C@H](F)Cl)c1ccc(OC(F)(F)F)nc1. The van der Waals surface area contributed by atoms with Gasteiger partial charge in [-0.3, -0.25) is 19.2 Å². The van der Waals surface area contributed by atoms with Crippen molar-refractivity contribution < 1.29 is 49.8 Å². The second-order valence-corrected chi connectivity index (χ2v) is 8.29. The van der Waals surface area contributed by atoms with Crippen molar-refractivity contribution in [3.8, 4) is 5.88 Å². The third-order valence-electron chi connectivity index (χ3n) is 5.35. The number of ether oxygens (including phenoxy) is 2. The molecular formula is C20H17ClF7N5O4. The minimum Gasteiger partial charge on any atom is -0.388 e. The van der Waals surface area contributed by atoms with Crippen LogP contribution < -0.4 is 15.0 Å². The predicted octanol–water partition coefficient (Wildman–Crippen LogP) is 3.74. The van der Waals surface area contributed by atoms with Crippen LogP contribution in [-0.2, 0) is 19.9 Å². The van der Waals surface area contributed by atoms with Crippen LogP contribution in [0.5, 0.6) is 5.88 Å². The smallest absolute Gasteiger partial charge is 0.388 e. The summed E-state index contributed by atoms with van der Waals surface area (Å²) >= 11 is 5.38. The highest BCUT2D eigenvalue weighted by atomic mass is 35.5. The van der Waals surface area contributed by atoms with Crippen molar-refractivity contribution in [1.29, 1.82) is 0 Å². The summed E-state index contributed by atoms with van der Waals surface area (Å²) in [5, 5.41) is 2.46. The Labute approximate surface area is 208 Å². The number of nitrogens with zero attached hydrogens (tertiary/aromatic N) is 4. The standard InChI is InChI=1S/C20H17ClF7N5O4/c1-18(10-6-29-9-30-7-10,17(35)32-11-4-13(5-11)36-19(23,24)25)33(16(34)15(21)22)12-2-3-14(31-8-12)37-20(26,27)28/h2-3,6-9,11,13,15H,4-5H2,1H3,(H,32,35)/t11?,13?,15-,18+/m0/s1. The van der Waals surface area contributed by atoms with E-state index in [1.165, 1.54) is 0 Å². The number of amides is 2. The van der Waals surface area contributed by atoms with Gasteiger partial charge < -0.3 is 10.1 Å². The summed E-state index contributed by atoms with van der Waals surface area (Å²) in [5.74, 6) is -3.41. The Hall–Kier alpha value is -3.27. The van der Waals surface area contributed by atoms with E-state index in [1.807, 2.05) is 0 Å². The van der Waals surface area contributed by atoms with Crippen LogP contribution in [0.2, 0.25) is 0 Å². The fraction of sp³-hybridized carbons (Fsp3) is 0.450. The van der Waals surface area contributed by atoms with Crippen molar-refractivity contribution in [2.24, 2.45) is 0 Å². The number of hydrogen-bond acceptors (Lipinski definition) is 7. The largest absolute Gasteiger partial charge is 0.574 e. The molecule has 1 saturated carbocycles. The molecule has 1 N–H and O–H groups in total. The Morgan fingerprint density at radius 1 is 1.08 bits per heavy atom. The average Bonchev–Trinajstić information content (AvgIpc) is 2.77. The van der Waals surface area contributed by atoms with Crippen molar-refractivity contribution in [1.82, 2.24) is 20.3 Å². The zero-order valence-electron chi connectivity index (χ0n) is 18.6. The van der Waals surface area contributed by atoms with Gasteiger partial charge in [-0.25, -0.2) is 19.3 Å². The molecule has 0 saturated heterocycles. The van der Waals surface area contributed by atoms with E-state index in [2.05, 4.69) is 29.7 Å². The molecule has 0 radical (unpaired) electrons. The number of rotatable bonds is 8. The Kier molecular flexibility index (Phi) is 8.12. The highest BCUT2D eigenvalue weighted by Gasteiger charge is 2.49. The third-order valence-corrected chi connectivity index (χ3v) is 5.54. The van der Waals surface area contributed by atoms with Gasteiger partial charge in [0.05, 0.1) is 18.0 Å². The van der Waals surface area contributed by atoms with Gasteiger partial charge in [-0.05, 0) is 25.8 Å². The summed E-state index contributed by atoms with van der Waals surface area (Å²) in [6, 6.07) is 0.811. The number of halogens is 8. The number of alkyl halides is 8. The van der Waals surface area contributed by atoms with Gasteiger partial charge in [0, 0.05) is 30.1 Å². The molecular weight excluding hydrogens is 543 g/mol. The Balaban J connectivity index is 1.97. The molecule has 0 bridgehead atoms. The summed E-state index contributed by atoms with van der Waals surface area (Å²) in [5.41, 5.74) is -5.36. The molecule has 2 aromatic heterocycles. The van der Waals surface area contributed by atoms with E-state index in [4.69, 9.17) is 11.6 Å². The maximum absolute atomic E-state index is 14.1. The summed E-state index contributed by atoms with van der Waals surface area (Å²) < 4.78 is 96.4. The number of pyridine rings is 1. The maximum Gasteiger partial charge on any atom is 0.574 e. The molecule has 1 aliphatic rings. The first kappa shape index (κ1) is 28.3. The van der Waals surface area contributed by atoms with Crippen LogP contribution in [0, 0.1) is 0 Å². The Morgan fingerprint density at radius 3 is 2.19 bits per heavy atom. The molecule has 0 spiro atoms. The second kappa shape index (κ2) is 10.6. The summed E-state index contributed by atoms with van der Waals surface area (Å²) in [7, 11) is 0. The van der Waals surface area contributed by atoms with Crippen LogP contribution in [0.1, 0.15) is 25.3 Å². The number of carbonyl (C=O) groups is 2. The molecule has 0 aliphatic heterocycles. The number of nitrogens with one attached hydrogen (secondary N) is 1. The van der Waals surface area contributed by atoms with Gasteiger partial charge in [-0.2, -0.15) is 0 Å². The van der Waals surface area contributed by atoms with E-state index in [0.29, 0.717) is 11.1 Å². The van der Waals surface area contributed by atoms with Crippen LogP contribution in [0.15, 0.2) is 37.1 Å². The topological polar surface area (TPSA) is 107 Å². The van der Waals surface area contributed by atoms with Crippen molar-refractivity contribution in [3.63, 3.8) is 0 Å². The van der Waals surface area contributed by atoms with Gasteiger partial charge in [0.1, 0.15) is 6.33 Å². The number of anilines is 1. The number of carbonyl (C=O) groups excluding carboxylic acids is 2. The number of aromatic nitrogens is 3. The van der Waals surface area contributed by atoms with E-state index in [0.717, 1.165) is 37.8 Å². The van der Waals surface area contributed by atoms with Gasteiger partial charge in [0.2, 0.25) is 5.88 Å². The lowest BCUT2D eigenvalue weighted by molar-refractivity contribution is -0.351. The predicted molar refractivity (Wildman–Crippen MR) is 111 cm³/mol. The summed E-state index contributed by atoms with van der Waals surface area (Å²) in [6.07, 6.45) is -7.57. The molecule has 0 aromatic carbocycles. The van der Waals surface area contributed by atoms with E-state index < -0.39 is 53.7 Å². The van der Waals surface area contributed by atoms with Gasteiger partial charge in [0.15, 0.2) is 5.54 Å². The van der Waals surface area contributed by atoms with Gasteiger partial charge in [-0.15, -0.1) is 26.3 Å². The molecule has 17 heteroatoms. The first-order valence-electron chi connectivity index (χ1n) is 10.2. The molecule has 0 unspecified atom stereocenters. The molecule has 202 valence electrons. The van der Waals surface area contributed by atoms with Crippen LogP contribution in [0.4, 0.5) is 36.4 Å². The summed E-state index contributed by atoms with van der Waals surface area (Å²) in [4.78, 5) is 37.9. The van der Waals surface area contributed by atoms with E-state index >= 15 is 0 Å². The minimum absolute atomic E-state index is 0.0869. The maximum atomic E-state index is 14.1. The van der Waals surface area contributed by atoms with Crippen molar-refractivity contribution in [2.75, 3.05) is 4.90 Å². The normalized spacial score (nSPS) is 20.2. The first-order chi connectivity index (χ1) is 17.1. The number of hydrogen-bond donors (Lipinski definition) is 1. The van der Waals surface area contributed by atoms with Crippen molar-refractivity contribution >= 4 is 29.1 Å². The Bertz CT molecular complexity index is 1100. The van der Waals surface area contributed by atoms with Gasteiger partial charge >= 0.3 is 12.7 Å². The molecule has 2 heterocycles. The van der Waals surface area contributed by atoms with E-state index in [-0.39, 0.29) is 24.1 Å². The van der Waals surface area contributed by atoms with Crippen molar-refractivity contribution in [2.45, 2.75) is 55.8 Å². The molecule has 9 nitrogen and oxygen atoms in total. The lowest BCUT2D eigenvalue weighted by Crippen LogP contribution is -2.61. The fourth-order valence-corrected chi connectivity index (χ4v) is 3.69. The monoisotopic (exact) mass is 559 g/mol. The Morgan fingerprint density at radius 2 is 1.70 bits per heavy atom. The summed E-state index contributed by atoms with van der Waals surface area (Å²) in [6.45, 7) is 1.14. The first-order valence-corrected chi connectivity index (χ1v) is 10.7. The van der Waals surface area contributed by atoms with E-state index in [1.54, 1.807) is 0 Å². The minimum atomic E-state index is -5.07.